The quantitative estimate of drug-likeness (QED) is 0.624. The lowest BCUT2D eigenvalue weighted by Gasteiger charge is -2.20. The van der Waals surface area contributed by atoms with Crippen LogP contribution in [0.2, 0.25) is 5.02 Å². The predicted molar refractivity (Wildman–Crippen MR) is 110 cm³/mol. The van der Waals surface area contributed by atoms with Gasteiger partial charge in [-0.3, -0.25) is 4.90 Å². The fourth-order valence-corrected chi connectivity index (χ4v) is 2.65. The summed E-state index contributed by atoms with van der Waals surface area (Å²) in [6.07, 6.45) is 0. The number of carbonyl (C=O) groups is 1. The van der Waals surface area contributed by atoms with Gasteiger partial charge in [-0.25, -0.2) is 4.79 Å². The van der Waals surface area contributed by atoms with Crippen LogP contribution < -0.4 is 15.0 Å². The average molecular weight is 400 g/mol. The summed E-state index contributed by atoms with van der Waals surface area (Å²) in [5.41, 5.74) is 2.42. The monoisotopic (exact) mass is 399 g/mol. The van der Waals surface area contributed by atoms with E-state index in [4.69, 9.17) is 20.9 Å². The number of nitrogens with one attached hydrogen (secondary N) is 1. The number of aromatic nitrogens is 1. The molecule has 1 aromatic heterocycles. The smallest absolute Gasteiger partial charge is 0.321 e. The second-order valence-electron chi connectivity index (χ2n) is 6.63. The van der Waals surface area contributed by atoms with E-state index in [1.165, 1.54) is 0 Å². The molecule has 0 bridgehead atoms. The normalized spacial score (nSPS) is 10.8. The van der Waals surface area contributed by atoms with Gasteiger partial charge in [0.15, 0.2) is 5.76 Å². The summed E-state index contributed by atoms with van der Waals surface area (Å²) in [4.78, 5) is 13.6. The van der Waals surface area contributed by atoms with Gasteiger partial charge in [0.2, 0.25) is 0 Å². The van der Waals surface area contributed by atoms with E-state index >= 15 is 0 Å². The average Bonchev–Trinajstić information content (AvgIpc) is 3.15. The van der Waals surface area contributed by atoms with Crippen LogP contribution in [-0.2, 0) is 6.61 Å². The van der Waals surface area contributed by atoms with Gasteiger partial charge in [0.25, 0.3) is 0 Å². The van der Waals surface area contributed by atoms with E-state index in [2.05, 4.69) is 10.5 Å². The Bertz CT molecular complexity index is 921. The number of amides is 2. The third-order valence-corrected chi connectivity index (χ3v) is 4.27. The van der Waals surface area contributed by atoms with Crippen molar-refractivity contribution in [2.24, 2.45) is 0 Å². The van der Waals surface area contributed by atoms with Crippen LogP contribution in [0.15, 0.2) is 59.1 Å². The van der Waals surface area contributed by atoms with Gasteiger partial charge in [-0.2, -0.15) is 0 Å². The lowest BCUT2D eigenvalue weighted by atomic mass is 10.1. The second-order valence-corrected chi connectivity index (χ2v) is 7.07. The first kappa shape index (κ1) is 19.8. The number of hydrogen-bond acceptors (Lipinski definition) is 4. The van der Waals surface area contributed by atoms with Crippen molar-refractivity contribution in [3.05, 3.63) is 65.4 Å². The number of nitrogens with zero attached hydrogens (tertiary/aromatic N) is 2. The van der Waals surface area contributed by atoms with Gasteiger partial charge in [0, 0.05) is 35.4 Å². The summed E-state index contributed by atoms with van der Waals surface area (Å²) in [6.45, 7) is 4.10. The van der Waals surface area contributed by atoms with Gasteiger partial charge >= 0.3 is 6.03 Å². The van der Waals surface area contributed by atoms with Gasteiger partial charge < -0.3 is 14.6 Å². The molecule has 0 aliphatic rings. The zero-order chi connectivity index (χ0) is 20.1. The van der Waals surface area contributed by atoms with Crippen LogP contribution in [0, 0.1) is 0 Å². The van der Waals surface area contributed by atoms with Crippen molar-refractivity contribution in [3.8, 4) is 17.0 Å². The number of hydrogen-bond donors (Lipinski definition) is 1. The van der Waals surface area contributed by atoms with E-state index in [0.717, 1.165) is 16.9 Å². The highest BCUT2D eigenvalue weighted by Crippen LogP contribution is 2.23. The summed E-state index contributed by atoms with van der Waals surface area (Å²) in [5, 5.41) is 7.58. The number of anilines is 1. The summed E-state index contributed by atoms with van der Waals surface area (Å²) in [7, 11) is 1.72. The summed E-state index contributed by atoms with van der Waals surface area (Å²) in [6, 6.07) is 16.4. The van der Waals surface area contributed by atoms with Gasteiger partial charge in [0.1, 0.15) is 18.1 Å². The number of urea groups is 1. The molecule has 146 valence electrons. The largest absolute Gasteiger partial charge is 0.486 e. The highest BCUT2D eigenvalue weighted by Gasteiger charge is 2.12. The molecule has 1 heterocycles. The lowest BCUT2D eigenvalue weighted by molar-refractivity contribution is 0.245. The topological polar surface area (TPSA) is 67.6 Å². The predicted octanol–water partition coefficient (Wildman–Crippen LogP) is 5.13. The highest BCUT2D eigenvalue weighted by molar-refractivity contribution is 6.30. The zero-order valence-electron chi connectivity index (χ0n) is 16.0. The number of benzene rings is 2. The fraction of sp³-hybridized carbons (Fsp3) is 0.238. The van der Waals surface area contributed by atoms with E-state index in [1.807, 2.05) is 68.4 Å². The standard InChI is InChI=1S/C21H22ClN3O3/c1-14(2)23-21(26)25(3)17-8-10-18(11-9-17)27-13-19-12-20(24-28-19)15-4-6-16(22)7-5-15/h4-12,14H,13H2,1-3H3,(H,23,26). The number of ether oxygens (including phenoxy) is 1. The first-order valence-corrected chi connectivity index (χ1v) is 9.29. The molecule has 0 saturated heterocycles. The van der Waals surface area contributed by atoms with Crippen molar-refractivity contribution in [1.82, 2.24) is 10.5 Å². The van der Waals surface area contributed by atoms with Crippen molar-refractivity contribution < 1.29 is 14.1 Å². The molecule has 0 atom stereocenters. The molecule has 0 fully saturated rings. The van der Waals surface area contributed by atoms with Crippen molar-refractivity contribution in [2.45, 2.75) is 26.5 Å². The van der Waals surface area contributed by atoms with Crippen LogP contribution in [0.3, 0.4) is 0 Å². The van der Waals surface area contributed by atoms with Crippen LogP contribution >= 0.6 is 11.6 Å². The van der Waals surface area contributed by atoms with Crippen molar-refractivity contribution in [1.29, 1.82) is 0 Å². The Morgan fingerprint density at radius 3 is 2.50 bits per heavy atom. The molecule has 1 N–H and O–H groups in total. The minimum Gasteiger partial charge on any atom is -0.486 e. The van der Waals surface area contributed by atoms with E-state index in [9.17, 15) is 4.79 Å². The van der Waals surface area contributed by atoms with E-state index in [0.29, 0.717) is 16.5 Å². The second kappa shape index (κ2) is 8.80. The molecule has 2 aromatic carbocycles. The number of rotatable bonds is 6. The maximum Gasteiger partial charge on any atom is 0.321 e. The minimum absolute atomic E-state index is 0.0808. The van der Waals surface area contributed by atoms with Crippen molar-refractivity contribution in [2.75, 3.05) is 11.9 Å². The first-order valence-electron chi connectivity index (χ1n) is 8.91. The molecule has 6 nitrogen and oxygen atoms in total. The van der Waals surface area contributed by atoms with Crippen molar-refractivity contribution >= 4 is 23.3 Å². The maximum absolute atomic E-state index is 12.0. The Morgan fingerprint density at radius 1 is 1.18 bits per heavy atom. The van der Waals surface area contributed by atoms with Crippen molar-refractivity contribution in [3.63, 3.8) is 0 Å². The Hall–Kier alpha value is -2.99. The van der Waals surface area contributed by atoms with Gasteiger partial charge in [-0.1, -0.05) is 28.9 Å². The van der Waals surface area contributed by atoms with Crippen LogP contribution in [0.4, 0.5) is 10.5 Å². The van der Waals surface area contributed by atoms with Gasteiger partial charge in [-0.15, -0.1) is 0 Å². The zero-order valence-corrected chi connectivity index (χ0v) is 16.7. The fourth-order valence-electron chi connectivity index (χ4n) is 2.52. The Kier molecular flexibility index (Phi) is 6.21. The molecule has 3 rings (SSSR count). The molecule has 0 unspecified atom stereocenters. The molecular weight excluding hydrogens is 378 g/mol. The Balaban J connectivity index is 1.58. The molecular formula is C21H22ClN3O3. The number of halogens is 1. The van der Waals surface area contributed by atoms with Gasteiger partial charge in [-0.05, 0) is 50.2 Å². The third-order valence-electron chi connectivity index (χ3n) is 4.02. The summed E-state index contributed by atoms with van der Waals surface area (Å²) >= 11 is 5.90. The maximum atomic E-state index is 12.0. The molecule has 0 saturated carbocycles. The van der Waals surface area contributed by atoms with E-state index in [-0.39, 0.29) is 18.7 Å². The van der Waals surface area contributed by atoms with E-state index in [1.54, 1.807) is 11.9 Å². The molecule has 2 amide bonds. The molecule has 0 aliphatic heterocycles. The first-order chi connectivity index (χ1) is 13.4. The molecule has 0 radical (unpaired) electrons. The lowest BCUT2D eigenvalue weighted by Crippen LogP contribution is -2.40. The van der Waals surface area contributed by atoms with E-state index < -0.39 is 0 Å². The highest BCUT2D eigenvalue weighted by atomic mass is 35.5. The summed E-state index contributed by atoms with van der Waals surface area (Å²) in [5.74, 6) is 1.29. The Labute approximate surface area is 169 Å². The van der Waals surface area contributed by atoms with Crippen LogP contribution in [-0.4, -0.2) is 24.3 Å². The number of carbonyl (C=O) groups excluding carboxylic acids is 1. The third kappa shape index (κ3) is 5.04. The Morgan fingerprint density at radius 2 is 1.86 bits per heavy atom. The molecule has 0 aliphatic carbocycles. The SMILES string of the molecule is CC(C)NC(=O)N(C)c1ccc(OCc2cc(-c3ccc(Cl)cc3)no2)cc1. The molecule has 3 aromatic rings. The molecule has 28 heavy (non-hydrogen) atoms. The summed E-state index contributed by atoms with van der Waals surface area (Å²) < 4.78 is 11.1. The van der Waals surface area contributed by atoms with Crippen LogP contribution in [0.1, 0.15) is 19.6 Å². The van der Waals surface area contributed by atoms with Crippen LogP contribution in [0.5, 0.6) is 5.75 Å². The van der Waals surface area contributed by atoms with Gasteiger partial charge in [0.05, 0.1) is 0 Å². The molecule has 0 spiro atoms. The minimum atomic E-state index is -0.153. The van der Waals surface area contributed by atoms with Crippen LogP contribution in [0.25, 0.3) is 11.3 Å². The molecule has 7 heteroatoms.